The first-order chi connectivity index (χ1) is 13.5. The lowest BCUT2D eigenvalue weighted by molar-refractivity contribution is 0.712. The number of aliphatic imine (C=N–C) groups is 1. The van der Waals surface area contributed by atoms with Gasteiger partial charge < -0.3 is 15.2 Å². The second-order valence-electron chi connectivity index (χ2n) is 6.77. The van der Waals surface area contributed by atoms with E-state index in [0.29, 0.717) is 13.1 Å². The molecule has 0 radical (unpaired) electrons. The lowest BCUT2D eigenvalue weighted by atomic mass is 10.2. The molecule has 8 nitrogen and oxygen atoms in total. The van der Waals surface area contributed by atoms with E-state index in [0.717, 1.165) is 47.5 Å². The van der Waals surface area contributed by atoms with Crippen LogP contribution in [0.3, 0.4) is 0 Å². The summed E-state index contributed by atoms with van der Waals surface area (Å²) in [6, 6.07) is 4.24. The molecule has 150 valence electrons. The predicted molar refractivity (Wildman–Crippen MR) is 112 cm³/mol. The standard InChI is InChI=1S/C19H28N8S/c1-13-17(14(2)27(5)25-13)11-21-19(20-9-8-16-7-6-10-28-16)22-12-18-24-23-15(3)26(18)4/h6-7,10H,8-9,11-12H2,1-5H3,(H2,20,21,22). The molecule has 0 aromatic carbocycles. The Bertz CT molecular complexity index is 936. The molecule has 0 atom stereocenters. The summed E-state index contributed by atoms with van der Waals surface area (Å²) in [7, 11) is 3.93. The van der Waals surface area contributed by atoms with Gasteiger partial charge in [-0.2, -0.15) is 5.10 Å². The van der Waals surface area contributed by atoms with Crippen molar-refractivity contribution in [3.8, 4) is 0 Å². The van der Waals surface area contributed by atoms with E-state index in [9.17, 15) is 0 Å². The Balaban J connectivity index is 1.67. The monoisotopic (exact) mass is 400 g/mol. The Kier molecular flexibility index (Phi) is 6.45. The third kappa shape index (κ3) is 4.78. The van der Waals surface area contributed by atoms with Gasteiger partial charge in [0.05, 0.1) is 18.8 Å². The summed E-state index contributed by atoms with van der Waals surface area (Å²) in [5.41, 5.74) is 3.32. The molecule has 3 heterocycles. The average molecular weight is 401 g/mol. The fourth-order valence-corrected chi connectivity index (χ4v) is 3.61. The lowest BCUT2D eigenvalue weighted by Gasteiger charge is -2.12. The maximum Gasteiger partial charge on any atom is 0.191 e. The van der Waals surface area contributed by atoms with Crippen LogP contribution in [0.1, 0.15) is 33.5 Å². The van der Waals surface area contributed by atoms with Gasteiger partial charge in [0, 0.05) is 36.8 Å². The fraction of sp³-hybridized carbons (Fsp3) is 0.474. The van der Waals surface area contributed by atoms with Crippen LogP contribution in [0.2, 0.25) is 0 Å². The SMILES string of the molecule is Cc1nn(C)c(C)c1CN=C(NCCc1cccs1)NCc1nnc(C)n1C. The summed E-state index contributed by atoms with van der Waals surface area (Å²) < 4.78 is 3.88. The van der Waals surface area contributed by atoms with Crippen molar-refractivity contribution >= 4 is 17.3 Å². The van der Waals surface area contributed by atoms with Crippen LogP contribution in [0.4, 0.5) is 0 Å². The molecule has 0 aliphatic heterocycles. The Labute approximate surface area is 169 Å². The molecule has 3 aromatic rings. The minimum Gasteiger partial charge on any atom is -0.356 e. The Hall–Kier alpha value is -2.68. The van der Waals surface area contributed by atoms with E-state index >= 15 is 0 Å². The van der Waals surface area contributed by atoms with Crippen molar-refractivity contribution in [3.05, 3.63) is 51.0 Å². The first-order valence-corrected chi connectivity index (χ1v) is 10.2. The topological polar surface area (TPSA) is 84.9 Å². The Morgan fingerprint density at radius 1 is 1.18 bits per heavy atom. The van der Waals surface area contributed by atoms with Crippen molar-refractivity contribution in [2.75, 3.05) is 6.54 Å². The zero-order valence-corrected chi connectivity index (χ0v) is 18.0. The van der Waals surface area contributed by atoms with Crippen molar-refractivity contribution in [3.63, 3.8) is 0 Å². The van der Waals surface area contributed by atoms with Crippen LogP contribution in [0.15, 0.2) is 22.5 Å². The van der Waals surface area contributed by atoms with Crippen LogP contribution >= 0.6 is 11.3 Å². The van der Waals surface area contributed by atoms with Gasteiger partial charge in [-0.3, -0.25) is 4.68 Å². The van der Waals surface area contributed by atoms with Crippen LogP contribution < -0.4 is 10.6 Å². The number of hydrogen-bond donors (Lipinski definition) is 2. The van der Waals surface area contributed by atoms with Crippen molar-refractivity contribution in [1.29, 1.82) is 0 Å². The highest BCUT2D eigenvalue weighted by atomic mass is 32.1. The molecular formula is C19H28N8S. The van der Waals surface area contributed by atoms with Crippen LogP contribution in [-0.4, -0.2) is 37.0 Å². The summed E-state index contributed by atoms with van der Waals surface area (Å²) in [4.78, 5) is 6.14. The van der Waals surface area contributed by atoms with E-state index < -0.39 is 0 Å². The Morgan fingerprint density at radius 2 is 2.00 bits per heavy atom. The molecular weight excluding hydrogens is 372 g/mol. The van der Waals surface area contributed by atoms with E-state index in [1.165, 1.54) is 4.88 Å². The molecule has 0 aliphatic rings. The molecule has 0 amide bonds. The Morgan fingerprint density at radius 3 is 2.61 bits per heavy atom. The van der Waals surface area contributed by atoms with Crippen molar-refractivity contribution in [2.45, 2.75) is 40.3 Å². The van der Waals surface area contributed by atoms with Gasteiger partial charge in [0.15, 0.2) is 11.8 Å². The van der Waals surface area contributed by atoms with Crippen LogP contribution in [0.5, 0.6) is 0 Å². The summed E-state index contributed by atoms with van der Waals surface area (Å²) in [6.45, 7) is 8.00. The molecule has 0 aliphatic carbocycles. The van der Waals surface area contributed by atoms with Gasteiger partial charge in [0.2, 0.25) is 0 Å². The number of aromatic nitrogens is 5. The first kappa shape index (κ1) is 20.1. The number of rotatable bonds is 7. The number of aryl methyl sites for hydroxylation is 3. The molecule has 0 saturated carbocycles. The molecule has 0 fully saturated rings. The minimum absolute atomic E-state index is 0.563. The molecule has 0 unspecified atom stereocenters. The number of nitrogens with one attached hydrogen (secondary N) is 2. The highest BCUT2D eigenvalue weighted by Crippen LogP contribution is 2.13. The van der Waals surface area contributed by atoms with Gasteiger partial charge in [0.1, 0.15) is 5.82 Å². The summed E-state index contributed by atoms with van der Waals surface area (Å²) in [6.07, 6.45) is 0.965. The average Bonchev–Trinajstić information content (AvgIpc) is 3.35. The predicted octanol–water partition coefficient (Wildman–Crippen LogP) is 2.01. The van der Waals surface area contributed by atoms with Crippen LogP contribution in [0, 0.1) is 20.8 Å². The van der Waals surface area contributed by atoms with Crippen LogP contribution in [0.25, 0.3) is 0 Å². The van der Waals surface area contributed by atoms with E-state index in [2.05, 4.69) is 50.4 Å². The van der Waals surface area contributed by atoms with Gasteiger partial charge in [-0.25, -0.2) is 4.99 Å². The smallest absolute Gasteiger partial charge is 0.191 e. The van der Waals surface area contributed by atoms with Crippen molar-refractivity contribution < 1.29 is 0 Å². The molecule has 3 aromatic heterocycles. The zero-order chi connectivity index (χ0) is 20.1. The third-order valence-electron chi connectivity index (χ3n) is 4.89. The van der Waals surface area contributed by atoms with Gasteiger partial charge in [-0.05, 0) is 38.6 Å². The minimum atomic E-state index is 0.563. The number of guanidine groups is 1. The van der Waals surface area contributed by atoms with Crippen molar-refractivity contribution in [2.24, 2.45) is 19.1 Å². The summed E-state index contributed by atoms with van der Waals surface area (Å²) >= 11 is 1.77. The highest BCUT2D eigenvalue weighted by molar-refractivity contribution is 7.09. The fourth-order valence-electron chi connectivity index (χ4n) is 2.91. The summed E-state index contributed by atoms with van der Waals surface area (Å²) in [5.74, 6) is 2.53. The zero-order valence-electron chi connectivity index (χ0n) is 17.2. The van der Waals surface area contributed by atoms with E-state index in [1.54, 1.807) is 11.3 Å². The molecule has 0 spiro atoms. The van der Waals surface area contributed by atoms with E-state index in [1.807, 2.05) is 37.2 Å². The van der Waals surface area contributed by atoms with Gasteiger partial charge >= 0.3 is 0 Å². The number of thiophene rings is 1. The largest absolute Gasteiger partial charge is 0.356 e. The molecule has 0 bridgehead atoms. The van der Waals surface area contributed by atoms with Gasteiger partial charge in [-0.15, -0.1) is 21.5 Å². The molecule has 9 heteroatoms. The van der Waals surface area contributed by atoms with Crippen LogP contribution in [-0.2, 0) is 33.6 Å². The summed E-state index contributed by atoms with van der Waals surface area (Å²) in [5, 5.41) is 21.7. The van der Waals surface area contributed by atoms with E-state index in [4.69, 9.17) is 4.99 Å². The molecule has 2 N–H and O–H groups in total. The second-order valence-corrected chi connectivity index (χ2v) is 7.80. The molecule has 3 rings (SSSR count). The first-order valence-electron chi connectivity index (χ1n) is 9.34. The van der Waals surface area contributed by atoms with Crippen molar-refractivity contribution in [1.82, 2.24) is 35.2 Å². The number of nitrogens with zero attached hydrogens (tertiary/aromatic N) is 6. The normalized spacial score (nSPS) is 11.8. The quantitative estimate of drug-likeness (QED) is 0.468. The molecule has 0 saturated heterocycles. The van der Waals surface area contributed by atoms with Gasteiger partial charge in [-0.1, -0.05) is 6.07 Å². The lowest BCUT2D eigenvalue weighted by Crippen LogP contribution is -2.38. The molecule has 28 heavy (non-hydrogen) atoms. The maximum atomic E-state index is 4.79. The third-order valence-corrected chi connectivity index (χ3v) is 5.83. The highest BCUT2D eigenvalue weighted by Gasteiger charge is 2.10. The van der Waals surface area contributed by atoms with E-state index in [-0.39, 0.29) is 0 Å². The maximum absolute atomic E-state index is 4.79. The number of hydrogen-bond acceptors (Lipinski definition) is 5. The second kappa shape index (κ2) is 9.01. The van der Waals surface area contributed by atoms with Gasteiger partial charge in [0.25, 0.3) is 0 Å².